The molecule has 2 aliphatic rings. The summed E-state index contributed by atoms with van der Waals surface area (Å²) in [5.74, 6) is -0.640. The molecule has 3 amide bonds. The van der Waals surface area contributed by atoms with E-state index in [9.17, 15) is 22.8 Å². The first-order valence-electron chi connectivity index (χ1n) is 13.2. The van der Waals surface area contributed by atoms with Crippen molar-refractivity contribution in [2.45, 2.75) is 44.6 Å². The molecule has 4 rings (SSSR count). The second kappa shape index (κ2) is 12.2. The summed E-state index contributed by atoms with van der Waals surface area (Å²) in [6.45, 7) is 7.73. The molecular formula is C26H36N6O6S. The lowest BCUT2D eigenvalue weighted by atomic mass is 9.97. The standard InChI is InChI=1S/C26H36N6O6S/c1-4-38-26(35)30-16-14-29(15-17-30)25(34)20(3)32-18-23(19(2)28-32)27-24(33)21-10-12-31(13-11-21)39(36,37)22-8-6-5-7-9-22/h5-9,18,20-21H,4,10-17H2,1-3H3,(H,27,33). The number of aromatic nitrogens is 2. The van der Waals surface area contributed by atoms with Crippen molar-refractivity contribution in [1.29, 1.82) is 0 Å². The maximum atomic E-state index is 13.1. The van der Waals surface area contributed by atoms with Gasteiger partial charge >= 0.3 is 6.09 Å². The van der Waals surface area contributed by atoms with Gasteiger partial charge in [-0.3, -0.25) is 14.3 Å². The molecule has 3 heterocycles. The van der Waals surface area contributed by atoms with Crippen molar-refractivity contribution in [2.24, 2.45) is 5.92 Å². The number of hydrogen-bond acceptors (Lipinski definition) is 7. The molecular weight excluding hydrogens is 524 g/mol. The molecule has 2 aliphatic heterocycles. The first kappa shape index (κ1) is 28.6. The summed E-state index contributed by atoms with van der Waals surface area (Å²) in [6.07, 6.45) is 2.11. The zero-order chi connectivity index (χ0) is 28.2. The molecule has 0 bridgehead atoms. The van der Waals surface area contributed by atoms with E-state index in [-0.39, 0.29) is 41.8 Å². The Balaban J connectivity index is 1.31. The number of aryl methyl sites for hydroxylation is 1. The highest BCUT2D eigenvalue weighted by Crippen LogP contribution is 2.26. The van der Waals surface area contributed by atoms with Crippen LogP contribution in [0.2, 0.25) is 0 Å². The van der Waals surface area contributed by atoms with Crippen LogP contribution in [0.3, 0.4) is 0 Å². The summed E-state index contributed by atoms with van der Waals surface area (Å²) in [4.78, 5) is 41.6. The van der Waals surface area contributed by atoms with Crippen molar-refractivity contribution < 1.29 is 27.5 Å². The van der Waals surface area contributed by atoms with Gasteiger partial charge in [0.25, 0.3) is 0 Å². The summed E-state index contributed by atoms with van der Waals surface area (Å²) in [6, 6.07) is 7.71. The number of hydrogen-bond donors (Lipinski definition) is 1. The molecule has 0 radical (unpaired) electrons. The number of anilines is 1. The third kappa shape index (κ3) is 6.41. The fourth-order valence-corrected chi connectivity index (χ4v) is 6.33. The van der Waals surface area contributed by atoms with Crippen LogP contribution in [0.25, 0.3) is 0 Å². The summed E-state index contributed by atoms with van der Waals surface area (Å²) in [7, 11) is -3.58. The molecule has 0 saturated carbocycles. The van der Waals surface area contributed by atoms with Crippen LogP contribution in [0.1, 0.15) is 38.4 Å². The van der Waals surface area contributed by atoms with Crippen molar-refractivity contribution >= 4 is 33.6 Å². The molecule has 1 unspecified atom stereocenters. The normalized spacial score (nSPS) is 18.0. The van der Waals surface area contributed by atoms with Gasteiger partial charge in [0, 0.05) is 51.4 Å². The summed E-state index contributed by atoms with van der Waals surface area (Å²) in [5.41, 5.74) is 1.10. The van der Waals surface area contributed by atoms with Gasteiger partial charge in [0.15, 0.2) is 0 Å². The number of nitrogens with one attached hydrogen (secondary N) is 1. The van der Waals surface area contributed by atoms with Gasteiger partial charge in [0.05, 0.1) is 22.9 Å². The van der Waals surface area contributed by atoms with Gasteiger partial charge in [0.2, 0.25) is 21.8 Å². The minimum Gasteiger partial charge on any atom is -0.450 e. The molecule has 2 fully saturated rings. The van der Waals surface area contributed by atoms with Crippen molar-refractivity contribution in [3.05, 3.63) is 42.2 Å². The summed E-state index contributed by atoms with van der Waals surface area (Å²) < 4.78 is 33.7. The molecule has 1 aromatic heterocycles. The number of carbonyl (C=O) groups is 3. The Morgan fingerprint density at radius 3 is 2.26 bits per heavy atom. The van der Waals surface area contributed by atoms with E-state index >= 15 is 0 Å². The zero-order valence-corrected chi connectivity index (χ0v) is 23.4. The molecule has 39 heavy (non-hydrogen) atoms. The zero-order valence-electron chi connectivity index (χ0n) is 22.6. The number of piperazine rings is 1. The lowest BCUT2D eigenvalue weighted by Gasteiger charge is -2.35. The first-order chi connectivity index (χ1) is 18.6. The monoisotopic (exact) mass is 560 g/mol. The van der Waals surface area contributed by atoms with Gasteiger partial charge in [-0.15, -0.1) is 0 Å². The third-order valence-electron chi connectivity index (χ3n) is 7.25. The second-order valence-corrected chi connectivity index (χ2v) is 11.7. The van der Waals surface area contributed by atoms with E-state index in [4.69, 9.17) is 4.74 Å². The van der Waals surface area contributed by atoms with Crippen LogP contribution in [-0.2, 0) is 24.3 Å². The number of sulfonamides is 1. The average molecular weight is 561 g/mol. The van der Waals surface area contributed by atoms with Crippen LogP contribution < -0.4 is 5.32 Å². The number of benzene rings is 1. The molecule has 1 atom stereocenters. The maximum absolute atomic E-state index is 13.1. The SMILES string of the molecule is CCOC(=O)N1CCN(C(=O)C(C)n2cc(NC(=O)C3CCN(S(=O)(=O)c4ccccc4)CC3)c(C)n2)CC1. The number of ether oxygens (including phenoxy) is 1. The van der Waals surface area contributed by atoms with E-state index in [0.717, 1.165) is 0 Å². The van der Waals surface area contributed by atoms with Gasteiger partial charge in [-0.25, -0.2) is 13.2 Å². The van der Waals surface area contributed by atoms with Gasteiger partial charge < -0.3 is 19.9 Å². The molecule has 13 heteroatoms. The van der Waals surface area contributed by atoms with E-state index in [0.29, 0.717) is 57.0 Å². The van der Waals surface area contributed by atoms with Crippen molar-refractivity contribution in [3.8, 4) is 0 Å². The highest BCUT2D eigenvalue weighted by Gasteiger charge is 2.33. The van der Waals surface area contributed by atoms with Crippen LogP contribution in [0, 0.1) is 12.8 Å². The van der Waals surface area contributed by atoms with Crippen LogP contribution >= 0.6 is 0 Å². The van der Waals surface area contributed by atoms with Crippen molar-refractivity contribution in [1.82, 2.24) is 23.9 Å². The minimum atomic E-state index is -3.58. The van der Waals surface area contributed by atoms with Crippen LogP contribution in [-0.4, -0.2) is 96.1 Å². The quantitative estimate of drug-likeness (QED) is 0.548. The summed E-state index contributed by atoms with van der Waals surface area (Å²) >= 11 is 0. The number of amides is 3. The van der Waals surface area contributed by atoms with E-state index in [2.05, 4.69) is 10.4 Å². The lowest BCUT2D eigenvalue weighted by molar-refractivity contribution is -0.136. The Hall–Kier alpha value is -3.45. The van der Waals surface area contributed by atoms with Gasteiger partial charge in [-0.2, -0.15) is 9.40 Å². The van der Waals surface area contributed by atoms with E-state index in [1.807, 2.05) is 0 Å². The van der Waals surface area contributed by atoms with Crippen LogP contribution in [0.5, 0.6) is 0 Å². The fraction of sp³-hybridized carbons (Fsp3) is 0.538. The Labute approximate surface area is 228 Å². The number of carbonyl (C=O) groups excluding carboxylic acids is 3. The van der Waals surface area contributed by atoms with Crippen molar-refractivity contribution in [2.75, 3.05) is 51.2 Å². The second-order valence-electron chi connectivity index (χ2n) is 9.78. The number of piperidine rings is 1. The van der Waals surface area contributed by atoms with Gasteiger partial charge in [0.1, 0.15) is 6.04 Å². The average Bonchev–Trinajstić information content (AvgIpc) is 3.32. The van der Waals surface area contributed by atoms with Crippen molar-refractivity contribution in [3.63, 3.8) is 0 Å². The topological polar surface area (TPSA) is 134 Å². The molecule has 1 aromatic carbocycles. The van der Waals surface area contributed by atoms with E-state index in [1.165, 1.54) is 4.31 Å². The molecule has 1 N–H and O–H groups in total. The smallest absolute Gasteiger partial charge is 0.409 e. The minimum absolute atomic E-state index is 0.120. The lowest BCUT2D eigenvalue weighted by Crippen LogP contribution is -2.52. The predicted molar refractivity (Wildman–Crippen MR) is 143 cm³/mol. The van der Waals surface area contributed by atoms with E-state index < -0.39 is 16.1 Å². The first-order valence-corrected chi connectivity index (χ1v) is 14.7. The van der Waals surface area contributed by atoms with Crippen LogP contribution in [0.15, 0.2) is 41.4 Å². The Morgan fingerprint density at radius 1 is 1.03 bits per heavy atom. The largest absolute Gasteiger partial charge is 0.450 e. The highest BCUT2D eigenvalue weighted by atomic mass is 32.2. The van der Waals surface area contributed by atoms with Crippen LogP contribution in [0.4, 0.5) is 10.5 Å². The molecule has 2 saturated heterocycles. The molecule has 0 aliphatic carbocycles. The molecule has 212 valence electrons. The van der Waals surface area contributed by atoms with E-state index in [1.54, 1.807) is 71.8 Å². The third-order valence-corrected chi connectivity index (χ3v) is 9.16. The van der Waals surface area contributed by atoms with Gasteiger partial charge in [-0.05, 0) is 45.7 Å². The number of nitrogens with zero attached hydrogens (tertiary/aromatic N) is 5. The molecule has 0 spiro atoms. The number of rotatable bonds is 7. The fourth-order valence-electron chi connectivity index (χ4n) is 4.84. The molecule has 12 nitrogen and oxygen atoms in total. The predicted octanol–water partition coefficient (Wildman–Crippen LogP) is 2.09. The Morgan fingerprint density at radius 2 is 1.64 bits per heavy atom. The van der Waals surface area contributed by atoms with Gasteiger partial charge in [-0.1, -0.05) is 18.2 Å². The Bertz CT molecular complexity index is 1280. The maximum Gasteiger partial charge on any atom is 0.409 e. The molecule has 2 aromatic rings. The summed E-state index contributed by atoms with van der Waals surface area (Å²) in [5, 5.41) is 7.37. The Kier molecular flexibility index (Phi) is 8.90. The highest BCUT2D eigenvalue weighted by molar-refractivity contribution is 7.89.